The molecule has 0 bridgehead atoms. The molecule has 3 nitrogen and oxygen atoms in total. The van der Waals surface area contributed by atoms with Gasteiger partial charge in [-0.05, 0) is 30.1 Å². The summed E-state index contributed by atoms with van der Waals surface area (Å²) >= 11 is 6.16. The van der Waals surface area contributed by atoms with Crippen molar-refractivity contribution >= 4 is 28.4 Å². The molecule has 0 aliphatic carbocycles. The van der Waals surface area contributed by atoms with Crippen molar-refractivity contribution in [2.45, 2.75) is 6.92 Å². The molecule has 1 rings (SSSR count). The Kier molecular flexibility index (Phi) is 1.78. The van der Waals surface area contributed by atoms with E-state index in [1.165, 1.54) is 0 Å². The van der Waals surface area contributed by atoms with Crippen molar-refractivity contribution in [2.24, 2.45) is 0 Å². The second-order valence-corrected chi connectivity index (χ2v) is 2.56. The average molecular weight is 163 g/mol. The summed E-state index contributed by atoms with van der Waals surface area (Å²) in [5.41, 5.74) is 0.597. The highest BCUT2D eigenvalue weighted by Gasteiger charge is 2.08. The number of aromatic nitrogens is 2. The fraction of sp³-hybridized carbons (Fsp3) is 0.250. The van der Waals surface area contributed by atoms with Crippen LogP contribution in [0.4, 0.5) is 0 Å². The quantitative estimate of drug-likeness (QED) is 0.584. The van der Waals surface area contributed by atoms with Gasteiger partial charge in [-0.3, -0.25) is 4.79 Å². The maximum absolute atomic E-state index is 10.4. The first-order chi connectivity index (χ1) is 4.22. The van der Waals surface area contributed by atoms with Crippen molar-refractivity contribution in [3.63, 3.8) is 0 Å². The van der Waals surface area contributed by atoms with Crippen molar-refractivity contribution in [1.82, 2.24) is 9.59 Å². The van der Waals surface area contributed by atoms with Crippen molar-refractivity contribution < 1.29 is 4.79 Å². The Bertz CT molecular complexity index is 234. The van der Waals surface area contributed by atoms with Gasteiger partial charge in [-0.2, -0.15) is 0 Å². The lowest BCUT2D eigenvalue weighted by Gasteiger charge is -1.80. The summed E-state index contributed by atoms with van der Waals surface area (Å²) in [6.07, 6.45) is 0. The number of hydrogen-bond acceptors (Lipinski definition) is 4. The first-order valence-electron chi connectivity index (χ1n) is 2.20. The summed E-state index contributed by atoms with van der Waals surface area (Å²) in [4.78, 5) is 10.9. The predicted molar refractivity (Wildman–Crippen MR) is 34.8 cm³/mol. The first kappa shape index (κ1) is 6.64. The Balaban J connectivity index is 3.08. The molecule has 0 aromatic carbocycles. The fourth-order valence-corrected chi connectivity index (χ4v) is 1.14. The lowest BCUT2D eigenvalue weighted by atomic mass is 10.4. The fourth-order valence-electron chi connectivity index (χ4n) is 0.412. The van der Waals surface area contributed by atoms with E-state index in [4.69, 9.17) is 11.6 Å². The molecule has 5 heteroatoms. The van der Waals surface area contributed by atoms with E-state index in [2.05, 4.69) is 9.59 Å². The molecule has 48 valence electrons. The van der Waals surface area contributed by atoms with Crippen molar-refractivity contribution in [1.29, 1.82) is 0 Å². The molecule has 0 N–H and O–H groups in total. The molecule has 0 saturated carbocycles. The van der Waals surface area contributed by atoms with Gasteiger partial charge in [-0.1, -0.05) is 4.49 Å². The highest BCUT2D eigenvalue weighted by atomic mass is 35.5. The number of aryl methyl sites for hydroxylation is 1. The zero-order valence-electron chi connectivity index (χ0n) is 4.59. The third-order valence-electron chi connectivity index (χ3n) is 0.830. The van der Waals surface area contributed by atoms with Gasteiger partial charge in [0.2, 0.25) is 0 Å². The van der Waals surface area contributed by atoms with Crippen LogP contribution >= 0.6 is 23.1 Å². The largest absolute Gasteiger partial charge is 0.275 e. The average Bonchev–Trinajstić information content (AvgIpc) is 2.13. The van der Waals surface area contributed by atoms with E-state index >= 15 is 0 Å². The topological polar surface area (TPSA) is 42.9 Å². The summed E-state index contributed by atoms with van der Waals surface area (Å²) in [6, 6.07) is 0. The third kappa shape index (κ3) is 1.25. The van der Waals surface area contributed by atoms with E-state index < -0.39 is 5.24 Å². The summed E-state index contributed by atoms with van der Waals surface area (Å²) < 4.78 is 3.53. The molecule has 0 aliphatic heterocycles. The van der Waals surface area contributed by atoms with Crippen LogP contribution in [0.1, 0.15) is 15.4 Å². The van der Waals surface area contributed by atoms with Gasteiger partial charge in [0.15, 0.2) is 0 Å². The molecule has 0 saturated heterocycles. The molecule has 1 heterocycles. The monoisotopic (exact) mass is 162 g/mol. The number of hydrogen-bond donors (Lipinski definition) is 0. The standard InChI is InChI=1S/C4H3ClN2OS/c1-2-3(4(5)8)9-7-6-2/h1H3. The molecule has 9 heavy (non-hydrogen) atoms. The van der Waals surface area contributed by atoms with Crippen molar-refractivity contribution in [3.05, 3.63) is 10.6 Å². The van der Waals surface area contributed by atoms with Crippen LogP contribution in [0.25, 0.3) is 0 Å². The Morgan fingerprint density at radius 3 is 2.67 bits per heavy atom. The van der Waals surface area contributed by atoms with Gasteiger partial charge < -0.3 is 0 Å². The predicted octanol–water partition coefficient (Wildman–Crippen LogP) is 1.23. The second kappa shape index (κ2) is 2.41. The lowest BCUT2D eigenvalue weighted by Crippen LogP contribution is -1.85. The van der Waals surface area contributed by atoms with Crippen molar-refractivity contribution in [3.8, 4) is 0 Å². The third-order valence-corrected chi connectivity index (χ3v) is 1.96. The minimum absolute atomic E-state index is 0.427. The summed E-state index contributed by atoms with van der Waals surface area (Å²) in [5, 5.41) is 3.12. The summed E-state index contributed by atoms with van der Waals surface area (Å²) in [7, 11) is 0. The van der Waals surface area contributed by atoms with E-state index in [0.29, 0.717) is 10.6 Å². The zero-order valence-corrected chi connectivity index (χ0v) is 6.16. The molecule has 0 radical (unpaired) electrons. The number of halogens is 1. The molecule has 0 spiro atoms. The second-order valence-electron chi connectivity index (χ2n) is 1.46. The minimum atomic E-state index is -0.484. The van der Waals surface area contributed by atoms with Crippen LogP contribution in [0.15, 0.2) is 0 Å². The number of carbonyl (C=O) groups excluding carboxylic acids is 1. The highest BCUT2D eigenvalue weighted by molar-refractivity contribution is 7.10. The van der Waals surface area contributed by atoms with Gasteiger partial charge >= 0.3 is 0 Å². The van der Waals surface area contributed by atoms with Crippen LogP contribution in [0.3, 0.4) is 0 Å². The Labute approximate surface area is 60.8 Å². The van der Waals surface area contributed by atoms with Gasteiger partial charge in [0.25, 0.3) is 5.24 Å². The molecular weight excluding hydrogens is 160 g/mol. The Hall–Kier alpha value is -0.480. The van der Waals surface area contributed by atoms with Crippen LogP contribution in [-0.2, 0) is 0 Å². The van der Waals surface area contributed by atoms with Crippen LogP contribution in [-0.4, -0.2) is 14.8 Å². The van der Waals surface area contributed by atoms with E-state index in [0.717, 1.165) is 11.5 Å². The molecule has 1 aromatic heterocycles. The van der Waals surface area contributed by atoms with Gasteiger partial charge in [0.05, 0.1) is 5.69 Å². The van der Waals surface area contributed by atoms with Gasteiger partial charge in [0.1, 0.15) is 4.88 Å². The number of nitrogens with zero attached hydrogens (tertiary/aromatic N) is 2. The van der Waals surface area contributed by atoms with E-state index in [1.54, 1.807) is 6.92 Å². The molecule has 1 aromatic rings. The van der Waals surface area contributed by atoms with E-state index in [1.807, 2.05) is 0 Å². The Morgan fingerprint density at radius 1 is 1.78 bits per heavy atom. The number of rotatable bonds is 1. The Morgan fingerprint density at radius 2 is 2.44 bits per heavy atom. The smallest absolute Gasteiger partial charge is 0.265 e. The molecule has 0 fully saturated rings. The molecule has 0 unspecified atom stereocenters. The molecule has 0 aliphatic rings. The zero-order chi connectivity index (χ0) is 6.85. The maximum atomic E-state index is 10.4. The van der Waals surface area contributed by atoms with Crippen LogP contribution in [0.2, 0.25) is 0 Å². The van der Waals surface area contributed by atoms with Crippen LogP contribution in [0, 0.1) is 6.92 Å². The SMILES string of the molecule is Cc1nnsc1C(=O)Cl. The van der Waals surface area contributed by atoms with E-state index in [-0.39, 0.29) is 0 Å². The maximum Gasteiger partial charge on any atom is 0.265 e. The summed E-state index contributed by atoms with van der Waals surface area (Å²) in [5.74, 6) is 0. The normalized spacial score (nSPS) is 9.56. The highest BCUT2D eigenvalue weighted by Crippen LogP contribution is 2.11. The van der Waals surface area contributed by atoms with Gasteiger partial charge in [-0.25, -0.2) is 0 Å². The number of carbonyl (C=O) groups is 1. The molecular formula is C4H3ClN2OS. The molecule has 0 amide bonds. The van der Waals surface area contributed by atoms with Gasteiger partial charge in [0, 0.05) is 0 Å². The van der Waals surface area contributed by atoms with E-state index in [9.17, 15) is 4.79 Å². The van der Waals surface area contributed by atoms with Crippen LogP contribution < -0.4 is 0 Å². The first-order valence-corrected chi connectivity index (χ1v) is 3.35. The van der Waals surface area contributed by atoms with Crippen molar-refractivity contribution in [2.75, 3.05) is 0 Å². The van der Waals surface area contributed by atoms with Crippen LogP contribution in [0.5, 0.6) is 0 Å². The lowest BCUT2D eigenvalue weighted by molar-refractivity contribution is 0.108. The summed E-state index contributed by atoms with van der Waals surface area (Å²) in [6.45, 7) is 1.69. The van der Waals surface area contributed by atoms with Gasteiger partial charge in [-0.15, -0.1) is 5.10 Å². The molecule has 0 atom stereocenters. The minimum Gasteiger partial charge on any atom is -0.275 e.